The zero-order valence-corrected chi connectivity index (χ0v) is 12.3. The van der Waals surface area contributed by atoms with E-state index in [1.54, 1.807) is 24.3 Å². The first kappa shape index (κ1) is 14.2. The van der Waals surface area contributed by atoms with Crippen LogP contribution in [0.25, 0.3) is 0 Å². The number of carbonyl (C=O) groups excluding carboxylic acids is 2. The monoisotopic (exact) mass is 287 g/mol. The highest BCUT2D eigenvalue weighted by atomic mass is 16.2. The minimum absolute atomic E-state index is 0.159. The smallest absolute Gasteiger partial charge is 0.262 e. The third kappa shape index (κ3) is 2.71. The van der Waals surface area contributed by atoms with Crippen LogP contribution in [0.5, 0.6) is 0 Å². The molecular formula is C16H21N3O2. The van der Waals surface area contributed by atoms with Crippen LogP contribution in [0.1, 0.15) is 33.6 Å². The standard InChI is InChI=1S/C16H21N3O2/c1-17-10-12-6-8-18(9-7-12)11-19-15(20)13-4-2-3-5-14(13)16(19)21/h2-5,12,17H,6-11H2,1H3. The van der Waals surface area contributed by atoms with Crippen molar-refractivity contribution in [2.75, 3.05) is 33.4 Å². The topological polar surface area (TPSA) is 52.6 Å². The number of piperidine rings is 1. The molecule has 1 aromatic carbocycles. The zero-order chi connectivity index (χ0) is 14.8. The number of amides is 2. The van der Waals surface area contributed by atoms with E-state index in [0.717, 1.165) is 32.5 Å². The maximum absolute atomic E-state index is 12.3. The molecule has 3 rings (SSSR count). The van der Waals surface area contributed by atoms with E-state index in [1.165, 1.54) is 4.90 Å². The molecule has 0 atom stereocenters. The fourth-order valence-corrected chi connectivity index (χ4v) is 3.19. The SMILES string of the molecule is CNCC1CCN(CN2C(=O)c3ccccc3C2=O)CC1. The third-order valence-electron chi connectivity index (χ3n) is 4.42. The largest absolute Gasteiger partial charge is 0.319 e. The molecule has 1 saturated heterocycles. The number of imide groups is 1. The molecule has 0 radical (unpaired) electrons. The number of rotatable bonds is 4. The molecule has 0 saturated carbocycles. The summed E-state index contributed by atoms with van der Waals surface area (Å²) in [5.74, 6) is 0.384. The van der Waals surface area contributed by atoms with Gasteiger partial charge in [-0.25, -0.2) is 0 Å². The third-order valence-corrected chi connectivity index (χ3v) is 4.42. The van der Waals surface area contributed by atoms with E-state index in [2.05, 4.69) is 10.2 Å². The van der Waals surface area contributed by atoms with E-state index in [-0.39, 0.29) is 11.8 Å². The minimum atomic E-state index is -0.159. The van der Waals surface area contributed by atoms with Gasteiger partial charge in [-0.15, -0.1) is 0 Å². The summed E-state index contributed by atoms with van der Waals surface area (Å²) in [5.41, 5.74) is 1.07. The second kappa shape index (κ2) is 5.95. The second-order valence-corrected chi connectivity index (χ2v) is 5.84. The van der Waals surface area contributed by atoms with Crippen molar-refractivity contribution in [3.8, 4) is 0 Å². The molecule has 5 nitrogen and oxygen atoms in total. The molecule has 2 aliphatic heterocycles. The van der Waals surface area contributed by atoms with Gasteiger partial charge in [-0.3, -0.25) is 19.4 Å². The second-order valence-electron chi connectivity index (χ2n) is 5.84. The first-order valence-electron chi connectivity index (χ1n) is 7.53. The average Bonchev–Trinajstić information content (AvgIpc) is 2.75. The Morgan fingerprint density at radius 2 is 1.67 bits per heavy atom. The lowest BCUT2D eigenvalue weighted by atomic mass is 9.97. The Labute approximate surface area is 124 Å². The van der Waals surface area contributed by atoms with Crippen molar-refractivity contribution < 1.29 is 9.59 Å². The van der Waals surface area contributed by atoms with Gasteiger partial charge in [0.2, 0.25) is 0 Å². The molecule has 0 bridgehead atoms. The van der Waals surface area contributed by atoms with Gasteiger partial charge in [-0.1, -0.05) is 12.1 Å². The summed E-state index contributed by atoms with van der Waals surface area (Å²) in [6.07, 6.45) is 2.23. The number of carbonyl (C=O) groups is 2. The summed E-state index contributed by atoms with van der Waals surface area (Å²) in [7, 11) is 1.98. The number of likely N-dealkylation sites (tertiary alicyclic amines) is 1. The van der Waals surface area contributed by atoms with Gasteiger partial charge in [-0.2, -0.15) is 0 Å². The lowest BCUT2D eigenvalue weighted by Gasteiger charge is -2.33. The summed E-state index contributed by atoms with van der Waals surface area (Å²) in [4.78, 5) is 28.2. The molecule has 21 heavy (non-hydrogen) atoms. The number of fused-ring (bicyclic) bond motifs is 1. The van der Waals surface area contributed by atoms with Crippen molar-refractivity contribution >= 4 is 11.8 Å². The molecule has 2 heterocycles. The Bertz CT molecular complexity index is 515. The first-order chi connectivity index (χ1) is 10.2. The minimum Gasteiger partial charge on any atom is -0.319 e. The Hall–Kier alpha value is -1.72. The van der Waals surface area contributed by atoms with Crippen LogP contribution >= 0.6 is 0 Å². The maximum Gasteiger partial charge on any atom is 0.262 e. The van der Waals surface area contributed by atoms with E-state index in [9.17, 15) is 9.59 Å². The van der Waals surface area contributed by atoms with Crippen molar-refractivity contribution in [3.05, 3.63) is 35.4 Å². The Morgan fingerprint density at radius 1 is 1.10 bits per heavy atom. The number of hydrogen-bond acceptors (Lipinski definition) is 4. The van der Waals surface area contributed by atoms with Crippen LogP contribution in [0.15, 0.2) is 24.3 Å². The van der Waals surface area contributed by atoms with Crippen molar-refractivity contribution in [3.63, 3.8) is 0 Å². The molecule has 0 spiro atoms. The van der Waals surface area contributed by atoms with Crippen molar-refractivity contribution in [2.45, 2.75) is 12.8 Å². The number of nitrogens with zero attached hydrogens (tertiary/aromatic N) is 2. The van der Waals surface area contributed by atoms with Gasteiger partial charge in [-0.05, 0) is 44.5 Å². The number of hydrogen-bond donors (Lipinski definition) is 1. The molecule has 2 amide bonds. The van der Waals surface area contributed by atoms with E-state index in [1.807, 2.05) is 7.05 Å². The van der Waals surface area contributed by atoms with Gasteiger partial charge in [0.1, 0.15) is 0 Å². The zero-order valence-electron chi connectivity index (χ0n) is 12.3. The molecule has 1 aromatic rings. The first-order valence-corrected chi connectivity index (χ1v) is 7.53. The van der Waals surface area contributed by atoms with Gasteiger partial charge < -0.3 is 5.32 Å². The fraction of sp³-hybridized carbons (Fsp3) is 0.500. The number of benzene rings is 1. The quantitative estimate of drug-likeness (QED) is 0.845. The Balaban J connectivity index is 1.63. The summed E-state index contributed by atoms with van der Waals surface area (Å²) >= 11 is 0. The van der Waals surface area contributed by atoms with Crippen LogP contribution in [0.4, 0.5) is 0 Å². The van der Waals surface area contributed by atoms with Crippen LogP contribution in [0.2, 0.25) is 0 Å². The lowest BCUT2D eigenvalue weighted by Crippen LogP contribution is -2.45. The summed E-state index contributed by atoms with van der Waals surface area (Å²) < 4.78 is 0. The molecule has 0 aliphatic carbocycles. The Morgan fingerprint density at radius 3 is 2.19 bits per heavy atom. The highest BCUT2D eigenvalue weighted by molar-refractivity contribution is 6.21. The predicted molar refractivity (Wildman–Crippen MR) is 80.0 cm³/mol. The van der Waals surface area contributed by atoms with Crippen LogP contribution in [-0.4, -0.2) is 55.0 Å². The molecule has 1 fully saturated rings. The highest BCUT2D eigenvalue weighted by Gasteiger charge is 2.36. The predicted octanol–water partition coefficient (Wildman–Crippen LogP) is 1.17. The molecule has 2 aliphatic rings. The van der Waals surface area contributed by atoms with Crippen LogP contribution in [-0.2, 0) is 0 Å². The summed E-state index contributed by atoms with van der Waals surface area (Å²) in [6, 6.07) is 7.07. The van der Waals surface area contributed by atoms with E-state index < -0.39 is 0 Å². The lowest BCUT2D eigenvalue weighted by molar-refractivity contribution is 0.0495. The average molecular weight is 287 g/mol. The molecule has 5 heteroatoms. The van der Waals surface area contributed by atoms with E-state index in [0.29, 0.717) is 23.7 Å². The summed E-state index contributed by atoms with van der Waals surface area (Å²) in [5, 5.41) is 3.21. The molecule has 0 unspecified atom stereocenters. The van der Waals surface area contributed by atoms with E-state index in [4.69, 9.17) is 0 Å². The van der Waals surface area contributed by atoms with Crippen molar-refractivity contribution in [1.29, 1.82) is 0 Å². The summed E-state index contributed by atoms with van der Waals surface area (Å²) in [6.45, 7) is 3.35. The molecule has 0 aromatic heterocycles. The van der Waals surface area contributed by atoms with Crippen LogP contribution in [0.3, 0.4) is 0 Å². The van der Waals surface area contributed by atoms with E-state index >= 15 is 0 Å². The van der Waals surface area contributed by atoms with Gasteiger partial charge in [0.15, 0.2) is 0 Å². The van der Waals surface area contributed by atoms with Crippen molar-refractivity contribution in [1.82, 2.24) is 15.1 Å². The van der Waals surface area contributed by atoms with Gasteiger partial charge in [0, 0.05) is 13.1 Å². The van der Waals surface area contributed by atoms with Crippen LogP contribution in [0, 0.1) is 5.92 Å². The van der Waals surface area contributed by atoms with Gasteiger partial charge >= 0.3 is 0 Å². The molecular weight excluding hydrogens is 266 g/mol. The van der Waals surface area contributed by atoms with Gasteiger partial charge in [0.25, 0.3) is 11.8 Å². The van der Waals surface area contributed by atoms with Crippen molar-refractivity contribution in [2.24, 2.45) is 5.92 Å². The highest BCUT2D eigenvalue weighted by Crippen LogP contribution is 2.24. The normalized spacial score (nSPS) is 20.1. The fourth-order valence-electron chi connectivity index (χ4n) is 3.19. The molecule has 1 N–H and O–H groups in total. The Kier molecular flexibility index (Phi) is 4.03. The van der Waals surface area contributed by atoms with Crippen LogP contribution < -0.4 is 5.32 Å². The maximum atomic E-state index is 12.3. The molecule has 112 valence electrons. The van der Waals surface area contributed by atoms with Gasteiger partial charge in [0.05, 0.1) is 17.8 Å². The number of nitrogens with one attached hydrogen (secondary N) is 1.